The van der Waals surface area contributed by atoms with Crippen LogP contribution in [0.3, 0.4) is 0 Å². The van der Waals surface area contributed by atoms with Crippen molar-refractivity contribution >= 4 is 32.9 Å². The number of hydrogen-bond donors (Lipinski definition) is 2. The summed E-state index contributed by atoms with van der Waals surface area (Å²) in [5.74, 6) is -2.42. The molecule has 33 heavy (non-hydrogen) atoms. The molecule has 0 saturated heterocycles. The number of aryl methyl sites for hydroxylation is 1. The van der Waals surface area contributed by atoms with Crippen molar-refractivity contribution in [2.45, 2.75) is 26.2 Å². The third kappa shape index (κ3) is 4.95. The van der Waals surface area contributed by atoms with E-state index in [-0.39, 0.29) is 12.0 Å². The van der Waals surface area contributed by atoms with Gasteiger partial charge in [-0.1, -0.05) is 31.2 Å². The SMILES string of the molecule is CCC(F)(F)c1cccc(-c2cnn3ccc(Nc4ccc(C)c(NS(C)(=O)=O)c4)nc23)c1. The van der Waals surface area contributed by atoms with Gasteiger partial charge in [0.05, 0.1) is 18.1 Å². The molecule has 0 saturated carbocycles. The molecular formula is C23H23F2N5O2S. The highest BCUT2D eigenvalue weighted by molar-refractivity contribution is 7.92. The summed E-state index contributed by atoms with van der Waals surface area (Å²) in [4.78, 5) is 4.61. The van der Waals surface area contributed by atoms with Crippen molar-refractivity contribution in [1.29, 1.82) is 0 Å². The maximum absolute atomic E-state index is 14.2. The fourth-order valence-electron chi connectivity index (χ4n) is 3.42. The van der Waals surface area contributed by atoms with E-state index in [9.17, 15) is 17.2 Å². The Balaban J connectivity index is 1.69. The predicted molar refractivity (Wildman–Crippen MR) is 126 cm³/mol. The summed E-state index contributed by atoms with van der Waals surface area (Å²) in [5.41, 5.74) is 3.53. The second kappa shape index (κ2) is 8.43. The molecule has 2 aromatic carbocycles. The second-order valence-electron chi connectivity index (χ2n) is 7.81. The summed E-state index contributed by atoms with van der Waals surface area (Å²) in [5, 5.41) is 7.44. The molecule has 172 valence electrons. The lowest BCUT2D eigenvalue weighted by Gasteiger charge is -2.15. The molecule has 0 aliphatic heterocycles. The van der Waals surface area contributed by atoms with Gasteiger partial charge in [-0.05, 0) is 42.3 Å². The van der Waals surface area contributed by atoms with Crippen LogP contribution in [-0.2, 0) is 15.9 Å². The van der Waals surface area contributed by atoms with E-state index < -0.39 is 15.9 Å². The van der Waals surface area contributed by atoms with Crippen LogP contribution < -0.4 is 10.0 Å². The molecule has 2 aromatic heterocycles. The fourth-order valence-corrected chi connectivity index (χ4v) is 4.04. The van der Waals surface area contributed by atoms with Gasteiger partial charge in [0.25, 0.3) is 5.92 Å². The normalized spacial score (nSPS) is 12.2. The molecule has 4 rings (SSSR count). The van der Waals surface area contributed by atoms with Gasteiger partial charge in [0, 0.05) is 29.4 Å². The maximum atomic E-state index is 14.2. The van der Waals surface area contributed by atoms with Crippen molar-refractivity contribution in [3.8, 4) is 11.1 Å². The molecule has 10 heteroatoms. The first-order valence-corrected chi connectivity index (χ1v) is 12.1. The highest BCUT2D eigenvalue weighted by Crippen LogP contribution is 2.34. The van der Waals surface area contributed by atoms with Gasteiger partial charge in [0.2, 0.25) is 10.0 Å². The topological polar surface area (TPSA) is 88.4 Å². The lowest BCUT2D eigenvalue weighted by Crippen LogP contribution is -2.11. The number of sulfonamides is 1. The number of fused-ring (bicyclic) bond motifs is 1. The van der Waals surface area contributed by atoms with Gasteiger partial charge in [-0.25, -0.2) is 26.7 Å². The Morgan fingerprint density at radius 2 is 1.91 bits per heavy atom. The number of anilines is 3. The van der Waals surface area contributed by atoms with Crippen LogP contribution in [0.4, 0.5) is 26.0 Å². The van der Waals surface area contributed by atoms with E-state index in [1.54, 1.807) is 54.2 Å². The van der Waals surface area contributed by atoms with Gasteiger partial charge in [0.1, 0.15) is 5.82 Å². The van der Waals surface area contributed by atoms with E-state index in [2.05, 4.69) is 20.1 Å². The van der Waals surface area contributed by atoms with Gasteiger partial charge in [-0.15, -0.1) is 0 Å². The summed E-state index contributed by atoms with van der Waals surface area (Å²) in [7, 11) is -3.42. The van der Waals surface area contributed by atoms with E-state index in [1.165, 1.54) is 19.1 Å². The van der Waals surface area contributed by atoms with Gasteiger partial charge >= 0.3 is 0 Å². The third-order valence-electron chi connectivity index (χ3n) is 5.21. The fraction of sp³-hybridized carbons (Fsp3) is 0.217. The minimum Gasteiger partial charge on any atom is -0.340 e. The van der Waals surface area contributed by atoms with Gasteiger partial charge < -0.3 is 5.32 Å². The average Bonchev–Trinajstić information content (AvgIpc) is 3.18. The Morgan fingerprint density at radius 3 is 2.64 bits per heavy atom. The summed E-state index contributed by atoms with van der Waals surface area (Å²) < 4.78 is 55.7. The standard InChI is InChI=1S/C23H23F2N5O2S/c1-4-23(24,25)17-7-5-6-16(12-17)19-14-26-30-11-10-21(28-22(19)30)27-18-9-8-15(2)20(13-18)29-33(3,31)32/h5-14,29H,4H2,1-3H3,(H,27,28). The largest absolute Gasteiger partial charge is 0.340 e. The van der Waals surface area contributed by atoms with Crippen LogP contribution in [0, 0.1) is 6.92 Å². The van der Waals surface area contributed by atoms with Crippen LogP contribution in [0.25, 0.3) is 16.8 Å². The Hall–Kier alpha value is -3.53. The monoisotopic (exact) mass is 471 g/mol. The molecule has 0 aliphatic carbocycles. The van der Waals surface area contributed by atoms with E-state index in [4.69, 9.17) is 0 Å². The molecule has 7 nitrogen and oxygen atoms in total. The number of nitrogens with one attached hydrogen (secondary N) is 2. The van der Waals surface area contributed by atoms with Crippen LogP contribution >= 0.6 is 0 Å². The Kier molecular flexibility index (Phi) is 5.79. The predicted octanol–water partition coefficient (Wildman–Crippen LogP) is 5.32. The molecule has 0 fully saturated rings. The zero-order valence-electron chi connectivity index (χ0n) is 18.3. The molecule has 0 radical (unpaired) electrons. The van der Waals surface area contributed by atoms with Gasteiger partial charge in [-0.3, -0.25) is 4.72 Å². The quantitative estimate of drug-likeness (QED) is 0.381. The zero-order valence-corrected chi connectivity index (χ0v) is 19.1. The number of halogens is 2. The molecule has 4 aromatic rings. The molecule has 0 aliphatic rings. The molecule has 0 amide bonds. The van der Waals surface area contributed by atoms with Crippen LogP contribution in [0.1, 0.15) is 24.5 Å². The van der Waals surface area contributed by atoms with Crippen molar-refractivity contribution in [2.75, 3.05) is 16.3 Å². The molecule has 0 bridgehead atoms. The molecule has 0 spiro atoms. The number of benzene rings is 2. The first-order valence-electron chi connectivity index (χ1n) is 10.2. The number of alkyl halides is 2. The first-order chi connectivity index (χ1) is 15.6. The zero-order chi connectivity index (χ0) is 23.8. The van der Waals surface area contributed by atoms with E-state index in [0.29, 0.717) is 34.0 Å². The lowest BCUT2D eigenvalue weighted by atomic mass is 10.0. The van der Waals surface area contributed by atoms with E-state index >= 15 is 0 Å². The molecule has 2 heterocycles. The number of hydrogen-bond acceptors (Lipinski definition) is 5. The van der Waals surface area contributed by atoms with Crippen molar-refractivity contribution < 1.29 is 17.2 Å². The van der Waals surface area contributed by atoms with Crippen LogP contribution in [0.15, 0.2) is 60.9 Å². The summed E-state index contributed by atoms with van der Waals surface area (Å²) in [6, 6.07) is 13.2. The summed E-state index contributed by atoms with van der Waals surface area (Å²) in [6.07, 6.45) is 4.11. The second-order valence-corrected chi connectivity index (χ2v) is 9.56. The first kappa shape index (κ1) is 22.7. The smallest absolute Gasteiger partial charge is 0.273 e. The molecule has 0 atom stereocenters. The van der Waals surface area contributed by atoms with Crippen LogP contribution in [0.2, 0.25) is 0 Å². The highest BCUT2D eigenvalue weighted by Gasteiger charge is 2.29. The lowest BCUT2D eigenvalue weighted by molar-refractivity contribution is -0.00824. The molecule has 0 unspecified atom stereocenters. The third-order valence-corrected chi connectivity index (χ3v) is 5.81. The average molecular weight is 472 g/mol. The molecule has 2 N–H and O–H groups in total. The highest BCUT2D eigenvalue weighted by atomic mass is 32.2. The Labute approximate surface area is 190 Å². The van der Waals surface area contributed by atoms with Gasteiger partial charge in [-0.2, -0.15) is 5.10 Å². The van der Waals surface area contributed by atoms with E-state index in [0.717, 1.165) is 11.8 Å². The minimum atomic E-state index is -3.42. The number of rotatable bonds is 7. The molecular weight excluding hydrogens is 448 g/mol. The Bertz CT molecular complexity index is 1430. The van der Waals surface area contributed by atoms with Crippen molar-refractivity contribution in [3.63, 3.8) is 0 Å². The summed E-state index contributed by atoms with van der Waals surface area (Å²) >= 11 is 0. The van der Waals surface area contributed by atoms with Crippen molar-refractivity contribution in [3.05, 3.63) is 72.1 Å². The van der Waals surface area contributed by atoms with Crippen molar-refractivity contribution in [1.82, 2.24) is 14.6 Å². The number of aromatic nitrogens is 3. The Morgan fingerprint density at radius 1 is 1.12 bits per heavy atom. The van der Waals surface area contributed by atoms with Gasteiger partial charge in [0.15, 0.2) is 5.65 Å². The summed E-state index contributed by atoms with van der Waals surface area (Å²) in [6.45, 7) is 3.25. The maximum Gasteiger partial charge on any atom is 0.273 e. The number of nitrogens with zero attached hydrogens (tertiary/aromatic N) is 3. The van der Waals surface area contributed by atoms with E-state index in [1.807, 2.05) is 6.07 Å². The van der Waals surface area contributed by atoms with Crippen molar-refractivity contribution in [2.24, 2.45) is 0 Å². The van der Waals surface area contributed by atoms with Crippen LogP contribution in [0.5, 0.6) is 0 Å². The van der Waals surface area contributed by atoms with Crippen LogP contribution in [-0.4, -0.2) is 29.3 Å². The minimum absolute atomic E-state index is 0.0540.